The van der Waals surface area contributed by atoms with Crippen LogP contribution < -0.4 is 5.32 Å². The van der Waals surface area contributed by atoms with E-state index in [1.54, 1.807) is 0 Å². The minimum Gasteiger partial charge on any atom is -0.314 e. The molecule has 1 atom stereocenters. The Bertz CT molecular complexity index is 313. The van der Waals surface area contributed by atoms with Crippen molar-refractivity contribution in [2.45, 2.75) is 39.7 Å². The first-order valence-corrected chi connectivity index (χ1v) is 6.74. The average molecular weight is 285 g/mol. The summed E-state index contributed by atoms with van der Waals surface area (Å²) in [6, 6.07) is 2.71. The topological polar surface area (TPSA) is 24.9 Å². The summed E-state index contributed by atoms with van der Waals surface area (Å²) in [5, 5.41) is 3.54. The van der Waals surface area contributed by atoms with Crippen molar-refractivity contribution in [3.63, 3.8) is 0 Å². The van der Waals surface area contributed by atoms with Crippen LogP contribution in [0.25, 0.3) is 0 Å². The van der Waals surface area contributed by atoms with Crippen LogP contribution >= 0.6 is 15.9 Å². The second kappa shape index (κ2) is 7.02. The number of hydrogen-bond acceptors (Lipinski definition) is 2. The van der Waals surface area contributed by atoms with Crippen molar-refractivity contribution in [2.24, 2.45) is 5.92 Å². The highest BCUT2D eigenvalue weighted by molar-refractivity contribution is 9.10. The van der Waals surface area contributed by atoms with Gasteiger partial charge in [-0.3, -0.25) is 4.98 Å². The minimum atomic E-state index is 0.557. The number of halogens is 1. The summed E-state index contributed by atoms with van der Waals surface area (Å²) in [5.74, 6) is 0.726. The maximum atomic E-state index is 4.20. The molecule has 1 heterocycles. The van der Waals surface area contributed by atoms with Gasteiger partial charge in [-0.2, -0.15) is 0 Å². The van der Waals surface area contributed by atoms with E-state index in [-0.39, 0.29) is 0 Å². The third-order valence-corrected chi connectivity index (χ3v) is 2.93. The number of pyridine rings is 1. The van der Waals surface area contributed by atoms with Crippen molar-refractivity contribution in [2.75, 3.05) is 6.54 Å². The third kappa shape index (κ3) is 5.08. The Labute approximate surface area is 107 Å². The van der Waals surface area contributed by atoms with E-state index in [0.29, 0.717) is 6.04 Å². The van der Waals surface area contributed by atoms with Gasteiger partial charge in [-0.1, -0.05) is 20.8 Å². The zero-order chi connectivity index (χ0) is 12.0. The summed E-state index contributed by atoms with van der Waals surface area (Å²) in [4.78, 5) is 4.20. The van der Waals surface area contributed by atoms with Gasteiger partial charge < -0.3 is 5.32 Å². The van der Waals surface area contributed by atoms with Crippen LogP contribution in [0, 0.1) is 5.92 Å². The van der Waals surface area contributed by atoms with Crippen molar-refractivity contribution in [1.82, 2.24) is 10.3 Å². The molecule has 0 bridgehead atoms. The summed E-state index contributed by atoms with van der Waals surface area (Å²) >= 11 is 3.46. The van der Waals surface area contributed by atoms with Gasteiger partial charge in [-0.05, 0) is 52.9 Å². The Hall–Kier alpha value is -0.410. The molecule has 0 saturated heterocycles. The van der Waals surface area contributed by atoms with Crippen LogP contribution in [0.4, 0.5) is 0 Å². The van der Waals surface area contributed by atoms with Crippen molar-refractivity contribution in [3.05, 3.63) is 28.5 Å². The molecule has 1 aromatic heterocycles. The van der Waals surface area contributed by atoms with Crippen molar-refractivity contribution < 1.29 is 0 Å². The van der Waals surface area contributed by atoms with E-state index in [2.05, 4.69) is 53.1 Å². The molecule has 0 amide bonds. The molecule has 2 nitrogen and oxygen atoms in total. The number of hydrogen-bond donors (Lipinski definition) is 1. The average Bonchev–Trinajstić information content (AvgIpc) is 2.16. The van der Waals surface area contributed by atoms with Crippen molar-refractivity contribution in [1.29, 1.82) is 0 Å². The molecule has 16 heavy (non-hydrogen) atoms. The zero-order valence-corrected chi connectivity index (χ0v) is 11.9. The quantitative estimate of drug-likeness (QED) is 0.866. The SMILES string of the molecule is CCNC(Cc1cncc(Br)c1)CC(C)C. The van der Waals surface area contributed by atoms with Gasteiger partial charge in [0.25, 0.3) is 0 Å². The predicted molar refractivity (Wildman–Crippen MR) is 72.6 cm³/mol. The zero-order valence-electron chi connectivity index (χ0n) is 10.3. The van der Waals surface area contributed by atoms with Gasteiger partial charge in [0.15, 0.2) is 0 Å². The first-order valence-electron chi connectivity index (χ1n) is 5.94. The number of aromatic nitrogens is 1. The van der Waals surface area contributed by atoms with E-state index in [0.717, 1.165) is 23.4 Å². The fourth-order valence-electron chi connectivity index (χ4n) is 1.95. The summed E-state index contributed by atoms with van der Waals surface area (Å²) in [6.45, 7) is 7.72. The summed E-state index contributed by atoms with van der Waals surface area (Å²) < 4.78 is 1.06. The Morgan fingerprint density at radius 2 is 2.12 bits per heavy atom. The third-order valence-electron chi connectivity index (χ3n) is 2.49. The van der Waals surface area contributed by atoms with Gasteiger partial charge in [0.1, 0.15) is 0 Å². The fourth-order valence-corrected chi connectivity index (χ4v) is 2.36. The number of rotatable bonds is 6. The maximum absolute atomic E-state index is 4.20. The summed E-state index contributed by atoms with van der Waals surface area (Å²) in [6.07, 6.45) is 6.04. The maximum Gasteiger partial charge on any atom is 0.0410 e. The Balaban J connectivity index is 2.60. The predicted octanol–water partition coefficient (Wildman–Crippen LogP) is 3.41. The highest BCUT2D eigenvalue weighted by atomic mass is 79.9. The van der Waals surface area contributed by atoms with Crippen LogP contribution in [0.2, 0.25) is 0 Å². The minimum absolute atomic E-state index is 0.557. The van der Waals surface area contributed by atoms with E-state index >= 15 is 0 Å². The molecule has 1 rings (SSSR count). The molecule has 1 aromatic rings. The number of likely N-dealkylation sites (N-methyl/N-ethyl adjacent to an activating group) is 1. The fraction of sp³-hybridized carbons (Fsp3) is 0.615. The lowest BCUT2D eigenvalue weighted by Gasteiger charge is -2.19. The van der Waals surface area contributed by atoms with Gasteiger partial charge in [0.2, 0.25) is 0 Å². The molecule has 0 aliphatic rings. The molecule has 1 N–H and O–H groups in total. The lowest BCUT2D eigenvalue weighted by atomic mass is 9.98. The lowest BCUT2D eigenvalue weighted by molar-refractivity contribution is 0.423. The largest absolute Gasteiger partial charge is 0.314 e. The molecule has 0 aliphatic heterocycles. The van der Waals surface area contributed by atoms with Crippen LogP contribution in [0.1, 0.15) is 32.8 Å². The van der Waals surface area contributed by atoms with E-state index in [9.17, 15) is 0 Å². The van der Waals surface area contributed by atoms with Crippen LogP contribution in [0.15, 0.2) is 22.9 Å². The standard InChI is InChI=1S/C13H21BrN2/c1-4-16-13(5-10(2)3)7-11-6-12(14)9-15-8-11/h6,8-10,13,16H,4-5,7H2,1-3H3. The van der Waals surface area contributed by atoms with E-state index in [1.807, 2.05) is 12.4 Å². The lowest BCUT2D eigenvalue weighted by Crippen LogP contribution is -2.32. The van der Waals surface area contributed by atoms with Crippen molar-refractivity contribution in [3.8, 4) is 0 Å². The second-order valence-corrected chi connectivity index (χ2v) is 5.52. The summed E-state index contributed by atoms with van der Waals surface area (Å²) in [5.41, 5.74) is 1.29. The van der Waals surface area contributed by atoms with Gasteiger partial charge >= 0.3 is 0 Å². The summed E-state index contributed by atoms with van der Waals surface area (Å²) in [7, 11) is 0. The van der Waals surface area contributed by atoms with E-state index in [4.69, 9.17) is 0 Å². The van der Waals surface area contributed by atoms with Crippen LogP contribution in [-0.4, -0.2) is 17.6 Å². The van der Waals surface area contributed by atoms with E-state index in [1.165, 1.54) is 12.0 Å². The molecule has 3 heteroatoms. The Kier molecular flexibility index (Phi) is 5.99. The van der Waals surface area contributed by atoms with Gasteiger partial charge in [-0.15, -0.1) is 0 Å². The van der Waals surface area contributed by atoms with E-state index < -0.39 is 0 Å². The number of nitrogens with one attached hydrogen (secondary N) is 1. The Morgan fingerprint density at radius 1 is 1.38 bits per heavy atom. The van der Waals surface area contributed by atoms with Gasteiger partial charge in [0, 0.05) is 22.9 Å². The monoisotopic (exact) mass is 284 g/mol. The normalized spacial score (nSPS) is 13.1. The number of nitrogens with zero attached hydrogens (tertiary/aromatic N) is 1. The molecule has 0 saturated carbocycles. The molecular formula is C13H21BrN2. The Morgan fingerprint density at radius 3 is 2.69 bits per heavy atom. The first kappa shape index (κ1) is 13.7. The molecule has 0 aromatic carbocycles. The molecule has 0 aliphatic carbocycles. The van der Waals surface area contributed by atoms with Crippen molar-refractivity contribution >= 4 is 15.9 Å². The molecule has 0 fully saturated rings. The molecular weight excluding hydrogens is 264 g/mol. The molecule has 90 valence electrons. The van der Waals surface area contributed by atoms with Crippen LogP contribution in [-0.2, 0) is 6.42 Å². The second-order valence-electron chi connectivity index (χ2n) is 4.60. The smallest absolute Gasteiger partial charge is 0.0410 e. The molecule has 0 spiro atoms. The van der Waals surface area contributed by atoms with Gasteiger partial charge in [0.05, 0.1) is 0 Å². The highest BCUT2D eigenvalue weighted by Crippen LogP contribution is 2.14. The van der Waals surface area contributed by atoms with Crippen LogP contribution in [0.5, 0.6) is 0 Å². The highest BCUT2D eigenvalue weighted by Gasteiger charge is 2.10. The molecule has 0 radical (unpaired) electrons. The first-order chi connectivity index (χ1) is 7.61. The van der Waals surface area contributed by atoms with Crippen LogP contribution in [0.3, 0.4) is 0 Å². The molecule has 1 unspecified atom stereocenters. The van der Waals surface area contributed by atoms with Gasteiger partial charge in [-0.25, -0.2) is 0 Å².